The normalized spacial score (nSPS) is 13.7. The molecule has 0 heterocycles. The molecular formula is C57H103NO5. The average molecular weight is 882 g/mol. The van der Waals surface area contributed by atoms with E-state index in [1.54, 1.807) is 0 Å². The minimum Gasteiger partial charge on any atom is -0.462 e. The third-order valence-electron chi connectivity index (χ3n) is 12.1. The molecule has 6 nitrogen and oxygen atoms in total. The van der Waals surface area contributed by atoms with E-state index in [1.807, 2.05) is 12.2 Å². The fraction of sp³-hybridized carbons (Fsp3) is 0.789. The molecule has 0 bridgehead atoms. The van der Waals surface area contributed by atoms with Crippen LogP contribution in [0.4, 0.5) is 0 Å². The number of nitrogens with one attached hydrogen (secondary N) is 1. The van der Waals surface area contributed by atoms with Gasteiger partial charge in [-0.1, -0.05) is 236 Å². The monoisotopic (exact) mass is 882 g/mol. The Morgan fingerprint density at radius 3 is 1.46 bits per heavy atom. The van der Waals surface area contributed by atoms with Crippen molar-refractivity contribution in [1.82, 2.24) is 5.32 Å². The Bertz CT molecular complexity index is 1130. The summed E-state index contributed by atoms with van der Waals surface area (Å²) in [7, 11) is 0. The molecular weight excluding hydrogens is 779 g/mol. The highest BCUT2D eigenvalue weighted by atomic mass is 16.5. The van der Waals surface area contributed by atoms with Gasteiger partial charge in [-0.2, -0.15) is 0 Å². The van der Waals surface area contributed by atoms with Gasteiger partial charge in [0.05, 0.1) is 25.2 Å². The molecule has 1 amide bonds. The van der Waals surface area contributed by atoms with Gasteiger partial charge in [0, 0.05) is 6.42 Å². The van der Waals surface area contributed by atoms with Crippen molar-refractivity contribution in [2.24, 2.45) is 0 Å². The summed E-state index contributed by atoms with van der Waals surface area (Å²) in [5.41, 5.74) is 0. The highest BCUT2D eigenvalue weighted by Crippen LogP contribution is 2.18. The lowest BCUT2D eigenvalue weighted by Gasteiger charge is -2.24. The topological polar surface area (TPSA) is 95.9 Å². The second kappa shape index (κ2) is 50.6. The number of rotatable bonds is 48. The van der Waals surface area contributed by atoms with E-state index in [1.165, 1.54) is 135 Å². The maximum atomic E-state index is 13.2. The largest absolute Gasteiger partial charge is 0.462 e. The number of unbranched alkanes of at least 4 members (excludes halogenated alkanes) is 28. The van der Waals surface area contributed by atoms with Crippen molar-refractivity contribution in [3.63, 3.8) is 0 Å². The van der Waals surface area contributed by atoms with Crippen molar-refractivity contribution < 1.29 is 24.5 Å². The summed E-state index contributed by atoms with van der Waals surface area (Å²) in [6.07, 6.45) is 62.9. The molecule has 6 heteroatoms. The first-order chi connectivity index (χ1) is 31.0. The van der Waals surface area contributed by atoms with Gasteiger partial charge in [0.2, 0.25) is 5.91 Å². The van der Waals surface area contributed by atoms with Gasteiger partial charge in [-0.3, -0.25) is 9.59 Å². The summed E-state index contributed by atoms with van der Waals surface area (Å²) in [4.78, 5) is 26.2. The van der Waals surface area contributed by atoms with E-state index in [0.29, 0.717) is 19.3 Å². The maximum Gasteiger partial charge on any atom is 0.306 e. The average Bonchev–Trinajstić information content (AvgIpc) is 3.28. The third kappa shape index (κ3) is 45.9. The Morgan fingerprint density at radius 2 is 0.921 bits per heavy atom. The number of carbonyl (C=O) groups excluding carboxylic acids is 2. The van der Waals surface area contributed by atoms with Crippen LogP contribution < -0.4 is 5.32 Å². The summed E-state index contributed by atoms with van der Waals surface area (Å²) < 4.78 is 5.92. The zero-order valence-corrected chi connectivity index (χ0v) is 41.7. The molecule has 0 radical (unpaired) electrons. The smallest absolute Gasteiger partial charge is 0.306 e. The number of aliphatic hydroxyl groups is 2. The Kier molecular flexibility index (Phi) is 48.6. The minimum atomic E-state index is -0.800. The molecule has 0 aliphatic carbocycles. The lowest BCUT2D eigenvalue weighted by atomic mass is 10.0. The van der Waals surface area contributed by atoms with Crippen molar-refractivity contribution in [2.75, 3.05) is 6.61 Å². The van der Waals surface area contributed by atoms with Gasteiger partial charge in [-0.05, 0) is 77.0 Å². The molecule has 3 unspecified atom stereocenters. The molecule has 0 aromatic rings. The van der Waals surface area contributed by atoms with Gasteiger partial charge < -0.3 is 20.3 Å². The van der Waals surface area contributed by atoms with E-state index in [4.69, 9.17) is 4.74 Å². The summed E-state index contributed by atoms with van der Waals surface area (Å²) in [6.45, 7) is 6.33. The molecule has 366 valence electrons. The molecule has 0 rings (SSSR count). The Labute approximate surface area is 390 Å². The number of hydrogen-bond donors (Lipinski definition) is 3. The van der Waals surface area contributed by atoms with Crippen molar-refractivity contribution in [3.8, 4) is 0 Å². The van der Waals surface area contributed by atoms with E-state index in [2.05, 4.69) is 74.7 Å². The zero-order valence-electron chi connectivity index (χ0n) is 41.7. The van der Waals surface area contributed by atoms with Crippen LogP contribution in [-0.4, -0.2) is 46.9 Å². The first kappa shape index (κ1) is 60.6. The van der Waals surface area contributed by atoms with E-state index >= 15 is 0 Å². The van der Waals surface area contributed by atoms with Gasteiger partial charge >= 0.3 is 5.97 Å². The van der Waals surface area contributed by atoms with Gasteiger partial charge in [0.1, 0.15) is 6.10 Å². The molecule has 0 saturated carbocycles. The third-order valence-corrected chi connectivity index (χ3v) is 12.1. The SMILES string of the molecule is CC/C=C/C=C/C=C\CCCCCC(CC(=O)NC(CO)C(O)CCCCCCCCCCCCCCCCCC)OC(=O)CCCCCCCCC/C=C\C/C=C\CCCCC. The summed E-state index contributed by atoms with van der Waals surface area (Å²) in [5.74, 6) is -0.515. The molecule has 63 heavy (non-hydrogen) atoms. The predicted octanol–water partition coefficient (Wildman–Crippen LogP) is 16.4. The van der Waals surface area contributed by atoms with Crippen molar-refractivity contribution in [2.45, 2.75) is 283 Å². The van der Waals surface area contributed by atoms with E-state index < -0.39 is 18.2 Å². The fourth-order valence-corrected chi connectivity index (χ4v) is 8.05. The molecule has 0 aromatic heterocycles. The van der Waals surface area contributed by atoms with Gasteiger partial charge in [-0.15, -0.1) is 0 Å². The van der Waals surface area contributed by atoms with E-state index in [-0.39, 0.29) is 24.9 Å². The minimum absolute atomic E-state index is 0.0505. The standard InChI is InChI=1S/C57H103NO5/c1-4-7-10-13-16-19-22-24-26-28-30-32-35-38-41-44-47-50-57(62)63-53(48-45-42-39-36-33-21-18-15-12-9-6-3)51-56(61)58-54(52-59)55(60)49-46-43-40-37-34-31-29-27-25-23-20-17-14-11-8-5-2/h9,12,15-16,18-19,21,24,26,33,53-55,59-60H,4-8,10-11,13-14,17,20,22-23,25,27-32,34-52H2,1-3H3,(H,58,61)/b12-9+,18-15+,19-16-,26-24-,33-21-. The second-order valence-corrected chi connectivity index (χ2v) is 18.3. The lowest BCUT2D eigenvalue weighted by molar-refractivity contribution is -0.151. The molecule has 0 spiro atoms. The van der Waals surface area contributed by atoms with E-state index in [9.17, 15) is 19.8 Å². The molecule has 0 aliphatic rings. The van der Waals surface area contributed by atoms with E-state index in [0.717, 1.165) is 83.5 Å². The molecule has 0 saturated heterocycles. The fourth-order valence-electron chi connectivity index (χ4n) is 8.05. The number of aliphatic hydroxyl groups excluding tert-OH is 2. The number of amides is 1. The van der Waals surface area contributed by atoms with Crippen molar-refractivity contribution in [1.29, 1.82) is 0 Å². The molecule has 3 atom stereocenters. The maximum absolute atomic E-state index is 13.2. The van der Waals surface area contributed by atoms with Crippen LogP contribution in [0.1, 0.15) is 265 Å². The number of carbonyl (C=O) groups is 2. The van der Waals surface area contributed by atoms with Crippen LogP contribution >= 0.6 is 0 Å². The summed E-state index contributed by atoms with van der Waals surface area (Å²) in [5, 5.41) is 23.8. The van der Waals surface area contributed by atoms with Gasteiger partial charge in [0.25, 0.3) is 0 Å². The molecule has 3 N–H and O–H groups in total. The Hall–Kier alpha value is -2.44. The Morgan fingerprint density at radius 1 is 0.492 bits per heavy atom. The lowest BCUT2D eigenvalue weighted by Crippen LogP contribution is -2.46. The van der Waals surface area contributed by atoms with Crippen LogP contribution in [0.2, 0.25) is 0 Å². The second-order valence-electron chi connectivity index (χ2n) is 18.3. The van der Waals surface area contributed by atoms with Gasteiger partial charge in [-0.25, -0.2) is 0 Å². The van der Waals surface area contributed by atoms with Crippen molar-refractivity contribution >= 4 is 11.9 Å². The predicted molar refractivity (Wildman–Crippen MR) is 273 cm³/mol. The first-order valence-corrected chi connectivity index (χ1v) is 27.0. The van der Waals surface area contributed by atoms with Crippen molar-refractivity contribution in [3.05, 3.63) is 60.8 Å². The Balaban J connectivity index is 4.52. The molecule has 0 aromatic carbocycles. The van der Waals surface area contributed by atoms with Gasteiger partial charge in [0.15, 0.2) is 0 Å². The first-order valence-electron chi connectivity index (χ1n) is 27.0. The molecule has 0 aliphatic heterocycles. The van der Waals surface area contributed by atoms with Crippen LogP contribution in [-0.2, 0) is 14.3 Å². The number of ether oxygens (including phenoxy) is 1. The number of esters is 1. The van der Waals surface area contributed by atoms with Crippen LogP contribution in [0.5, 0.6) is 0 Å². The zero-order chi connectivity index (χ0) is 45.9. The number of allylic oxidation sites excluding steroid dienone is 10. The van der Waals surface area contributed by atoms with Crippen LogP contribution in [0, 0.1) is 0 Å². The molecule has 0 fully saturated rings. The van der Waals surface area contributed by atoms with Crippen LogP contribution in [0.3, 0.4) is 0 Å². The quantitative estimate of drug-likeness (QED) is 0.0245. The number of hydrogen-bond acceptors (Lipinski definition) is 5. The van der Waals surface area contributed by atoms with Crippen LogP contribution in [0.15, 0.2) is 60.8 Å². The summed E-state index contributed by atoms with van der Waals surface area (Å²) in [6, 6.07) is -0.715. The van der Waals surface area contributed by atoms with Crippen LogP contribution in [0.25, 0.3) is 0 Å². The highest BCUT2D eigenvalue weighted by Gasteiger charge is 2.24. The summed E-state index contributed by atoms with van der Waals surface area (Å²) >= 11 is 0. The highest BCUT2D eigenvalue weighted by molar-refractivity contribution is 5.77.